The van der Waals surface area contributed by atoms with Gasteiger partial charge in [0.2, 0.25) is 0 Å². The van der Waals surface area contributed by atoms with E-state index in [9.17, 15) is 13.2 Å². The van der Waals surface area contributed by atoms with E-state index >= 15 is 0 Å². The molecule has 3 nitrogen and oxygen atoms in total. The van der Waals surface area contributed by atoms with Crippen molar-refractivity contribution in [2.75, 3.05) is 31.5 Å². The van der Waals surface area contributed by atoms with Crippen LogP contribution in [0.15, 0.2) is 18.2 Å². The summed E-state index contributed by atoms with van der Waals surface area (Å²) in [4.78, 5) is 2.33. The molecule has 0 spiro atoms. The van der Waals surface area contributed by atoms with Crippen LogP contribution in [0.2, 0.25) is 0 Å². The van der Waals surface area contributed by atoms with E-state index in [1.807, 2.05) is 0 Å². The molecule has 1 aromatic rings. The van der Waals surface area contributed by atoms with Crippen molar-refractivity contribution in [3.05, 3.63) is 29.3 Å². The first kappa shape index (κ1) is 15.6. The van der Waals surface area contributed by atoms with E-state index < -0.39 is 11.7 Å². The van der Waals surface area contributed by atoms with Gasteiger partial charge in [0, 0.05) is 18.8 Å². The minimum atomic E-state index is -4.50. The third kappa shape index (κ3) is 3.88. The van der Waals surface area contributed by atoms with Crippen LogP contribution in [0.5, 0.6) is 0 Å². The predicted octanol–water partition coefficient (Wildman–Crippen LogP) is 3.33. The Balaban J connectivity index is 2.03. The summed E-state index contributed by atoms with van der Waals surface area (Å²) in [6.45, 7) is 5.78. The number of alkyl halides is 3. The normalized spacial score (nSPS) is 19.5. The number of nitriles is 1. The molecule has 0 amide bonds. The van der Waals surface area contributed by atoms with Gasteiger partial charge in [-0.2, -0.15) is 18.4 Å². The zero-order valence-corrected chi connectivity index (χ0v) is 11.9. The molecule has 2 rings (SSSR count). The van der Waals surface area contributed by atoms with Crippen LogP contribution >= 0.6 is 0 Å². The van der Waals surface area contributed by atoms with Crippen LogP contribution in [-0.2, 0) is 6.18 Å². The molecule has 1 heterocycles. The minimum absolute atomic E-state index is 0.342. The molecule has 1 aromatic carbocycles. The van der Waals surface area contributed by atoms with E-state index in [4.69, 9.17) is 5.26 Å². The first-order valence-corrected chi connectivity index (χ1v) is 7.01. The van der Waals surface area contributed by atoms with E-state index in [0.717, 1.165) is 32.1 Å². The SMILES string of the molecule is CCN1CCC(CNc2ccc(C#N)c(C(F)(F)F)c2)C1. The third-order valence-electron chi connectivity index (χ3n) is 3.86. The molecule has 1 fully saturated rings. The highest BCUT2D eigenvalue weighted by Crippen LogP contribution is 2.33. The van der Waals surface area contributed by atoms with Crippen molar-refractivity contribution < 1.29 is 13.2 Å². The minimum Gasteiger partial charge on any atom is -0.385 e. The van der Waals surface area contributed by atoms with Crippen molar-refractivity contribution in [1.29, 1.82) is 5.26 Å². The maximum atomic E-state index is 12.9. The molecule has 0 bridgehead atoms. The van der Waals surface area contributed by atoms with Crippen LogP contribution in [0.1, 0.15) is 24.5 Å². The Bertz CT molecular complexity index is 534. The molecule has 114 valence electrons. The lowest BCUT2D eigenvalue weighted by atomic mass is 10.1. The first-order valence-electron chi connectivity index (χ1n) is 7.01. The van der Waals surface area contributed by atoms with Gasteiger partial charge in [-0.1, -0.05) is 6.92 Å². The molecule has 0 saturated carbocycles. The lowest BCUT2D eigenvalue weighted by Gasteiger charge is -2.16. The van der Waals surface area contributed by atoms with Crippen LogP contribution in [0.4, 0.5) is 18.9 Å². The quantitative estimate of drug-likeness (QED) is 0.926. The summed E-state index contributed by atoms with van der Waals surface area (Å²) in [5.74, 6) is 0.454. The molecule has 0 aromatic heterocycles. The van der Waals surface area contributed by atoms with Crippen LogP contribution in [0, 0.1) is 17.2 Å². The second kappa shape index (κ2) is 6.35. The molecule has 21 heavy (non-hydrogen) atoms. The van der Waals surface area contributed by atoms with Gasteiger partial charge >= 0.3 is 6.18 Å². The van der Waals surface area contributed by atoms with Crippen molar-refractivity contribution >= 4 is 5.69 Å². The molecular weight excluding hydrogens is 279 g/mol. The van der Waals surface area contributed by atoms with Gasteiger partial charge in [-0.15, -0.1) is 0 Å². The van der Waals surface area contributed by atoms with Gasteiger partial charge in [0.15, 0.2) is 0 Å². The lowest BCUT2D eigenvalue weighted by Crippen LogP contribution is -2.22. The number of hydrogen-bond acceptors (Lipinski definition) is 3. The number of likely N-dealkylation sites (tertiary alicyclic amines) is 1. The largest absolute Gasteiger partial charge is 0.417 e. The average molecular weight is 297 g/mol. The summed E-state index contributed by atoms with van der Waals surface area (Å²) in [7, 11) is 0. The Hall–Kier alpha value is -1.74. The smallest absolute Gasteiger partial charge is 0.385 e. The highest BCUT2D eigenvalue weighted by atomic mass is 19.4. The van der Waals surface area contributed by atoms with Crippen molar-refractivity contribution in [3.63, 3.8) is 0 Å². The van der Waals surface area contributed by atoms with Crippen LogP contribution in [0.3, 0.4) is 0 Å². The number of halogens is 3. The Labute approximate surface area is 122 Å². The molecule has 1 unspecified atom stereocenters. The fourth-order valence-corrected chi connectivity index (χ4v) is 2.62. The van der Waals surface area contributed by atoms with Crippen molar-refractivity contribution in [3.8, 4) is 6.07 Å². The van der Waals surface area contributed by atoms with E-state index in [1.165, 1.54) is 12.1 Å². The number of hydrogen-bond donors (Lipinski definition) is 1. The predicted molar refractivity (Wildman–Crippen MR) is 74.9 cm³/mol. The van der Waals surface area contributed by atoms with Crippen LogP contribution in [-0.4, -0.2) is 31.1 Å². The fourth-order valence-electron chi connectivity index (χ4n) is 2.62. The monoisotopic (exact) mass is 297 g/mol. The molecular formula is C15H18F3N3. The van der Waals surface area contributed by atoms with E-state index in [2.05, 4.69) is 17.1 Å². The molecule has 1 atom stereocenters. The van der Waals surface area contributed by atoms with Gasteiger partial charge < -0.3 is 10.2 Å². The van der Waals surface area contributed by atoms with Gasteiger partial charge in [0.25, 0.3) is 0 Å². The Kier molecular flexibility index (Phi) is 4.73. The van der Waals surface area contributed by atoms with Crippen molar-refractivity contribution in [2.45, 2.75) is 19.5 Å². The Morgan fingerprint density at radius 1 is 1.43 bits per heavy atom. The van der Waals surface area contributed by atoms with Gasteiger partial charge in [-0.05, 0) is 43.6 Å². The third-order valence-corrected chi connectivity index (χ3v) is 3.86. The average Bonchev–Trinajstić information content (AvgIpc) is 2.92. The fraction of sp³-hybridized carbons (Fsp3) is 0.533. The van der Waals surface area contributed by atoms with Gasteiger partial charge in [-0.3, -0.25) is 0 Å². The number of benzene rings is 1. The van der Waals surface area contributed by atoms with E-state index in [1.54, 1.807) is 6.07 Å². The Morgan fingerprint density at radius 3 is 2.76 bits per heavy atom. The molecule has 1 saturated heterocycles. The second-order valence-corrected chi connectivity index (χ2v) is 5.30. The first-order chi connectivity index (χ1) is 9.94. The van der Waals surface area contributed by atoms with Crippen LogP contribution in [0.25, 0.3) is 0 Å². The molecule has 0 aliphatic carbocycles. The van der Waals surface area contributed by atoms with Gasteiger partial charge in [0.1, 0.15) is 0 Å². The molecule has 1 aliphatic rings. The van der Waals surface area contributed by atoms with E-state index in [0.29, 0.717) is 18.2 Å². The summed E-state index contributed by atoms with van der Waals surface area (Å²) in [6, 6.07) is 5.35. The lowest BCUT2D eigenvalue weighted by molar-refractivity contribution is -0.137. The van der Waals surface area contributed by atoms with E-state index in [-0.39, 0.29) is 5.56 Å². The molecule has 0 radical (unpaired) electrons. The van der Waals surface area contributed by atoms with Crippen LogP contribution < -0.4 is 5.32 Å². The standard InChI is InChI=1S/C15H18F3N3/c1-2-21-6-5-11(10-21)9-20-13-4-3-12(8-19)14(7-13)15(16,17)18/h3-4,7,11,20H,2,5-6,9-10H2,1H3. The maximum Gasteiger partial charge on any atom is 0.417 e. The van der Waals surface area contributed by atoms with Gasteiger partial charge in [-0.25, -0.2) is 0 Å². The summed E-state index contributed by atoms with van der Waals surface area (Å²) < 4.78 is 38.6. The number of nitrogens with one attached hydrogen (secondary N) is 1. The number of rotatable bonds is 4. The number of anilines is 1. The molecule has 1 N–H and O–H groups in total. The summed E-state index contributed by atoms with van der Waals surface area (Å²) in [5, 5.41) is 11.8. The Morgan fingerprint density at radius 2 is 2.19 bits per heavy atom. The number of nitrogens with zero attached hydrogens (tertiary/aromatic N) is 2. The second-order valence-electron chi connectivity index (χ2n) is 5.30. The summed E-state index contributed by atoms with van der Waals surface area (Å²) in [5.41, 5.74) is -0.807. The topological polar surface area (TPSA) is 39.1 Å². The van der Waals surface area contributed by atoms with Gasteiger partial charge in [0.05, 0.1) is 17.2 Å². The highest BCUT2D eigenvalue weighted by Gasteiger charge is 2.33. The zero-order chi connectivity index (χ0) is 15.5. The molecule has 1 aliphatic heterocycles. The zero-order valence-electron chi connectivity index (χ0n) is 11.9. The highest BCUT2D eigenvalue weighted by molar-refractivity contribution is 5.53. The van der Waals surface area contributed by atoms with Crippen molar-refractivity contribution in [2.24, 2.45) is 5.92 Å². The summed E-state index contributed by atoms with van der Waals surface area (Å²) >= 11 is 0. The summed E-state index contributed by atoms with van der Waals surface area (Å²) in [6.07, 6.45) is -3.45. The maximum absolute atomic E-state index is 12.9. The molecule has 6 heteroatoms. The van der Waals surface area contributed by atoms with Crippen molar-refractivity contribution in [1.82, 2.24) is 4.90 Å².